The van der Waals surface area contributed by atoms with Gasteiger partial charge >= 0.3 is 0 Å². The molecule has 0 radical (unpaired) electrons. The first-order chi connectivity index (χ1) is 10.1. The summed E-state index contributed by atoms with van der Waals surface area (Å²) in [6.45, 7) is 5.59. The van der Waals surface area contributed by atoms with Crippen molar-refractivity contribution in [3.05, 3.63) is 46.5 Å². The number of piperazine rings is 1. The Kier molecular flexibility index (Phi) is 4.17. The fourth-order valence-corrected chi connectivity index (χ4v) is 3.28. The van der Waals surface area contributed by atoms with Crippen molar-refractivity contribution in [1.82, 2.24) is 9.97 Å². The van der Waals surface area contributed by atoms with Gasteiger partial charge in [0, 0.05) is 31.9 Å². The minimum Gasteiger partial charge on any atom is -0.368 e. The third kappa shape index (κ3) is 3.06. The number of hydrogen-bond donors (Lipinski definition) is 0. The van der Waals surface area contributed by atoms with Crippen LogP contribution in [0, 0.1) is 6.92 Å². The molecule has 4 nitrogen and oxygen atoms in total. The number of hydrogen-bond acceptors (Lipinski definition) is 4. The molecule has 0 spiro atoms. The van der Waals surface area contributed by atoms with E-state index in [2.05, 4.69) is 44.0 Å². The number of halogens is 2. The Hall–Kier alpha value is -1.52. The lowest BCUT2D eigenvalue weighted by molar-refractivity contribution is 0.650. The normalized spacial score (nSPS) is 15.4. The predicted octanol–water partition coefficient (Wildman–Crippen LogP) is 3.42. The molecule has 3 rings (SSSR count). The van der Waals surface area contributed by atoms with Crippen LogP contribution in [0.5, 0.6) is 0 Å². The summed E-state index contributed by atoms with van der Waals surface area (Å²) in [6, 6.07) is 10.4. The number of anilines is 2. The maximum Gasteiger partial charge on any atom is 0.224 e. The van der Waals surface area contributed by atoms with Crippen LogP contribution in [0.3, 0.4) is 0 Å². The second-order valence-electron chi connectivity index (χ2n) is 5.03. The Balaban J connectivity index is 1.75. The lowest BCUT2D eigenvalue weighted by Gasteiger charge is -2.37. The Morgan fingerprint density at radius 3 is 2.14 bits per heavy atom. The smallest absolute Gasteiger partial charge is 0.224 e. The van der Waals surface area contributed by atoms with Gasteiger partial charge in [-0.15, -0.1) is 0 Å². The molecule has 0 unspecified atom stereocenters. The van der Waals surface area contributed by atoms with E-state index in [-0.39, 0.29) is 5.28 Å². The molecule has 1 aliphatic heterocycles. The van der Waals surface area contributed by atoms with E-state index in [4.69, 9.17) is 23.2 Å². The topological polar surface area (TPSA) is 32.3 Å². The zero-order valence-electron chi connectivity index (χ0n) is 11.8. The molecule has 0 atom stereocenters. The molecule has 1 aliphatic rings. The number of aryl methyl sites for hydroxylation is 1. The average Bonchev–Trinajstić information content (AvgIpc) is 2.48. The fourth-order valence-electron chi connectivity index (χ4n) is 2.69. The molecule has 0 aliphatic carbocycles. The zero-order valence-corrected chi connectivity index (χ0v) is 13.3. The maximum atomic E-state index is 6.23. The minimum absolute atomic E-state index is 0.198. The first kappa shape index (κ1) is 14.4. The zero-order chi connectivity index (χ0) is 14.8. The molecule has 2 heterocycles. The third-order valence-electron chi connectivity index (χ3n) is 3.71. The van der Waals surface area contributed by atoms with Gasteiger partial charge in [0.15, 0.2) is 5.15 Å². The molecule has 0 N–H and O–H groups in total. The molecule has 1 aromatic carbocycles. The van der Waals surface area contributed by atoms with Crippen LogP contribution in [0.4, 0.5) is 11.4 Å². The molecule has 0 saturated carbocycles. The molecule has 21 heavy (non-hydrogen) atoms. The lowest BCUT2D eigenvalue weighted by Crippen LogP contribution is -2.47. The van der Waals surface area contributed by atoms with Crippen LogP contribution in [-0.2, 0) is 0 Å². The highest BCUT2D eigenvalue weighted by Gasteiger charge is 2.22. The van der Waals surface area contributed by atoms with E-state index in [1.807, 2.05) is 13.0 Å². The van der Waals surface area contributed by atoms with Gasteiger partial charge in [-0.1, -0.05) is 29.8 Å². The highest BCUT2D eigenvalue weighted by Crippen LogP contribution is 2.29. The molecule has 6 heteroatoms. The van der Waals surface area contributed by atoms with E-state index >= 15 is 0 Å². The van der Waals surface area contributed by atoms with Crippen LogP contribution in [0.2, 0.25) is 10.4 Å². The fraction of sp³-hybridized carbons (Fsp3) is 0.333. The minimum atomic E-state index is 0.198. The molecule has 1 aromatic heterocycles. The molecule has 1 saturated heterocycles. The van der Waals surface area contributed by atoms with Crippen LogP contribution >= 0.6 is 23.2 Å². The van der Waals surface area contributed by atoms with Crippen LogP contribution in [0.1, 0.15) is 5.69 Å². The Bertz CT molecular complexity index is 602. The highest BCUT2D eigenvalue weighted by molar-refractivity contribution is 6.33. The standard InChI is InChI=1S/C15H16Cl2N4/c1-11-13(14(16)19-15(17)18-11)21-9-7-20(8-10-21)12-5-3-2-4-6-12/h2-6H,7-10H2,1H3. The van der Waals surface area contributed by atoms with Crippen molar-refractivity contribution in [2.75, 3.05) is 36.0 Å². The summed E-state index contributed by atoms with van der Waals surface area (Å²) in [5.41, 5.74) is 2.98. The van der Waals surface area contributed by atoms with Gasteiger partial charge in [-0.25, -0.2) is 9.97 Å². The van der Waals surface area contributed by atoms with Gasteiger partial charge in [-0.05, 0) is 30.7 Å². The van der Waals surface area contributed by atoms with Crippen LogP contribution in [-0.4, -0.2) is 36.1 Å². The van der Waals surface area contributed by atoms with Crippen LogP contribution in [0.15, 0.2) is 30.3 Å². The van der Waals surface area contributed by atoms with Crippen molar-refractivity contribution >= 4 is 34.6 Å². The number of para-hydroxylation sites is 1. The van der Waals surface area contributed by atoms with Crippen molar-refractivity contribution in [3.8, 4) is 0 Å². The summed E-state index contributed by atoms with van der Waals surface area (Å²) in [5.74, 6) is 0. The van der Waals surface area contributed by atoms with Gasteiger partial charge in [-0.3, -0.25) is 0 Å². The first-order valence-corrected chi connectivity index (χ1v) is 7.65. The van der Waals surface area contributed by atoms with Gasteiger partial charge in [0.1, 0.15) is 0 Å². The predicted molar refractivity (Wildman–Crippen MR) is 87.7 cm³/mol. The van der Waals surface area contributed by atoms with Gasteiger partial charge in [0.25, 0.3) is 0 Å². The van der Waals surface area contributed by atoms with E-state index in [1.54, 1.807) is 0 Å². The molecule has 110 valence electrons. The van der Waals surface area contributed by atoms with Gasteiger partial charge in [-0.2, -0.15) is 0 Å². The maximum absolute atomic E-state index is 6.23. The molecule has 0 amide bonds. The highest BCUT2D eigenvalue weighted by atomic mass is 35.5. The summed E-state index contributed by atoms with van der Waals surface area (Å²) in [6.07, 6.45) is 0. The van der Waals surface area contributed by atoms with E-state index in [0.29, 0.717) is 5.15 Å². The summed E-state index contributed by atoms with van der Waals surface area (Å²) in [5, 5.41) is 0.629. The molecular formula is C15H16Cl2N4. The quantitative estimate of drug-likeness (QED) is 0.626. The Morgan fingerprint density at radius 2 is 1.52 bits per heavy atom. The number of aromatic nitrogens is 2. The summed E-state index contributed by atoms with van der Waals surface area (Å²) >= 11 is 12.1. The first-order valence-electron chi connectivity index (χ1n) is 6.90. The van der Waals surface area contributed by atoms with Crippen LogP contribution in [0.25, 0.3) is 0 Å². The number of rotatable bonds is 2. The Labute approximate surface area is 134 Å². The average molecular weight is 323 g/mol. The van der Waals surface area contributed by atoms with E-state index in [9.17, 15) is 0 Å². The van der Waals surface area contributed by atoms with Gasteiger partial charge in [0.2, 0.25) is 5.28 Å². The molecule has 1 fully saturated rings. The Morgan fingerprint density at radius 1 is 0.905 bits per heavy atom. The SMILES string of the molecule is Cc1nc(Cl)nc(Cl)c1N1CCN(c2ccccc2)CC1. The molecular weight excluding hydrogens is 307 g/mol. The second-order valence-corrected chi connectivity index (χ2v) is 5.72. The largest absolute Gasteiger partial charge is 0.368 e. The summed E-state index contributed by atoms with van der Waals surface area (Å²) in [7, 11) is 0. The van der Waals surface area contributed by atoms with Crippen molar-refractivity contribution < 1.29 is 0 Å². The molecule has 0 bridgehead atoms. The van der Waals surface area contributed by atoms with Crippen LogP contribution < -0.4 is 9.80 Å². The van der Waals surface area contributed by atoms with Crippen molar-refractivity contribution in [2.45, 2.75) is 6.92 Å². The second kappa shape index (κ2) is 6.08. The van der Waals surface area contributed by atoms with E-state index in [1.165, 1.54) is 5.69 Å². The number of benzene rings is 1. The van der Waals surface area contributed by atoms with Crippen molar-refractivity contribution in [1.29, 1.82) is 0 Å². The van der Waals surface area contributed by atoms with Crippen molar-refractivity contribution in [2.24, 2.45) is 0 Å². The van der Waals surface area contributed by atoms with E-state index < -0.39 is 0 Å². The van der Waals surface area contributed by atoms with Crippen molar-refractivity contribution in [3.63, 3.8) is 0 Å². The summed E-state index contributed by atoms with van der Waals surface area (Å²) in [4.78, 5) is 12.9. The lowest BCUT2D eigenvalue weighted by atomic mass is 10.2. The summed E-state index contributed by atoms with van der Waals surface area (Å²) < 4.78 is 0. The number of nitrogens with zero attached hydrogens (tertiary/aromatic N) is 4. The molecule has 2 aromatic rings. The third-order valence-corrected chi connectivity index (χ3v) is 4.14. The van der Waals surface area contributed by atoms with E-state index in [0.717, 1.165) is 37.6 Å². The van der Waals surface area contributed by atoms with Gasteiger partial charge in [0.05, 0.1) is 11.4 Å². The monoisotopic (exact) mass is 322 g/mol. The van der Waals surface area contributed by atoms with Gasteiger partial charge < -0.3 is 9.80 Å².